The van der Waals surface area contributed by atoms with Crippen LogP contribution in [0.2, 0.25) is 0 Å². The molecule has 0 radical (unpaired) electrons. The van der Waals surface area contributed by atoms with Crippen molar-refractivity contribution in [3.05, 3.63) is 76.8 Å². The predicted molar refractivity (Wildman–Crippen MR) is 106 cm³/mol. The number of carbonyl (C=O) groups excluding carboxylic acids is 1. The molecule has 0 saturated carbocycles. The highest BCUT2D eigenvalue weighted by molar-refractivity contribution is 7.15. The highest BCUT2D eigenvalue weighted by Gasteiger charge is 2.10. The molecular formula is C21H22N2O2S. The van der Waals surface area contributed by atoms with Gasteiger partial charge in [0.25, 0.3) is 5.91 Å². The first-order chi connectivity index (χ1) is 12.7. The fourth-order valence-electron chi connectivity index (χ4n) is 2.45. The first-order valence-corrected chi connectivity index (χ1v) is 9.59. The Morgan fingerprint density at radius 1 is 1.12 bits per heavy atom. The van der Waals surface area contributed by atoms with E-state index in [9.17, 15) is 4.79 Å². The zero-order chi connectivity index (χ0) is 18.2. The molecule has 0 fully saturated rings. The van der Waals surface area contributed by atoms with Crippen molar-refractivity contribution in [2.45, 2.75) is 26.2 Å². The van der Waals surface area contributed by atoms with E-state index in [0.717, 1.165) is 29.9 Å². The number of rotatable bonds is 8. The van der Waals surface area contributed by atoms with Crippen molar-refractivity contribution in [3.63, 3.8) is 0 Å². The smallest absolute Gasteiger partial charge is 0.257 e. The lowest BCUT2D eigenvalue weighted by Gasteiger charge is -2.06. The Kier molecular flexibility index (Phi) is 6.39. The van der Waals surface area contributed by atoms with Gasteiger partial charge in [-0.25, -0.2) is 4.98 Å². The van der Waals surface area contributed by atoms with Gasteiger partial charge in [0, 0.05) is 23.1 Å². The number of benzene rings is 2. The lowest BCUT2D eigenvalue weighted by Crippen LogP contribution is -2.11. The monoisotopic (exact) mass is 366 g/mol. The van der Waals surface area contributed by atoms with E-state index in [4.69, 9.17) is 4.74 Å². The first kappa shape index (κ1) is 18.1. The fourth-order valence-corrected chi connectivity index (χ4v) is 3.29. The summed E-state index contributed by atoms with van der Waals surface area (Å²) < 4.78 is 5.62. The van der Waals surface area contributed by atoms with Gasteiger partial charge in [0.15, 0.2) is 5.13 Å². The Balaban J connectivity index is 1.56. The van der Waals surface area contributed by atoms with Crippen LogP contribution in [0.1, 0.15) is 40.6 Å². The van der Waals surface area contributed by atoms with Crippen molar-refractivity contribution in [3.8, 4) is 5.75 Å². The molecule has 0 spiro atoms. The molecule has 0 bridgehead atoms. The predicted octanol–water partition coefficient (Wildman–Crippen LogP) is 5.17. The summed E-state index contributed by atoms with van der Waals surface area (Å²) >= 11 is 1.50. The van der Waals surface area contributed by atoms with Gasteiger partial charge in [-0.15, -0.1) is 11.3 Å². The number of anilines is 1. The molecule has 134 valence electrons. The van der Waals surface area contributed by atoms with Crippen LogP contribution in [0.3, 0.4) is 0 Å². The van der Waals surface area contributed by atoms with Gasteiger partial charge in [0.1, 0.15) is 5.75 Å². The minimum absolute atomic E-state index is 0.161. The van der Waals surface area contributed by atoms with Crippen LogP contribution in [0, 0.1) is 0 Å². The summed E-state index contributed by atoms with van der Waals surface area (Å²) in [5.41, 5.74) is 1.82. The van der Waals surface area contributed by atoms with Crippen LogP contribution in [0.4, 0.5) is 5.13 Å². The lowest BCUT2D eigenvalue weighted by atomic mass is 10.1. The zero-order valence-electron chi connectivity index (χ0n) is 14.8. The normalized spacial score (nSPS) is 10.5. The minimum Gasteiger partial charge on any atom is -0.494 e. The molecule has 0 aliphatic carbocycles. The number of aromatic nitrogens is 1. The molecule has 0 aliphatic rings. The maximum Gasteiger partial charge on any atom is 0.257 e. The van der Waals surface area contributed by atoms with Crippen molar-refractivity contribution < 1.29 is 9.53 Å². The van der Waals surface area contributed by atoms with Crippen molar-refractivity contribution in [2.75, 3.05) is 11.9 Å². The highest BCUT2D eigenvalue weighted by atomic mass is 32.1. The van der Waals surface area contributed by atoms with Crippen LogP contribution in [0.5, 0.6) is 5.75 Å². The summed E-state index contributed by atoms with van der Waals surface area (Å²) in [6.07, 6.45) is 4.76. The second-order valence-corrected chi connectivity index (χ2v) is 7.09. The van der Waals surface area contributed by atoms with Crippen molar-refractivity contribution in [2.24, 2.45) is 0 Å². The zero-order valence-corrected chi connectivity index (χ0v) is 15.6. The molecule has 1 amide bonds. The van der Waals surface area contributed by atoms with E-state index in [1.165, 1.54) is 16.9 Å². The minimum atomic E-state index is -0.161. The van der Waals surface area contributed by atoms with E-state index in [1.807, 2.05) is 36.5 Å². The van der Waals surface area contributed by atoms with Crippen LogP contribution in [0.25, 0.3) is 0 Å². The quantitative estimate of drug-likeness (QED) is 0.560. The maximum absolute atomic E-state index is 12.4. The SMILES string of the molecule is CCCCOc1ccc(C(=O)Nc2ncc(Cc3ccccc3)s2)cc1. The third-order valence-corrected chi connectivity index (χ3v) is 4.79. The molecule has 0 saturated heterocycles. The molecule has 3 rings (SSSR count). The molecule has 1 aromatic heterocycles. The number of hydrogen-bond donors (Lipinski definition) is 1. The van der Waals surface area contributed by atoms with Gasteiger partial charge in [0.05, 0.1) is 6.61 Å². The average molecular weight is 366 g/mol. The summed E-state index contributed by atoms with van der Waals surface area (Å²) in [6, 6.07) is 17.4. The Labute approximate surface area is 157 Å². The summed E-state index contributed by atoms with van der Waals surface area (Å²) in [5, 5.41) is 3.48. The van der Waals surface area contributed by atoms with E-state index >= 15 is 0 Å². The molecule has 26 heavy (non-hydrogen) atoms. The molecule has 2 aromatic carbocycles. The number of ether oxygens (including phenoxy) is 1. The largest absolute Gasteiger partial charge is 0.494 e. The van der Waals surface area contributed by atoms with E-state index in [2.05, 4.69) is 29.4 Å². The second-order valence-electron chi connectivity index (χ2n) is 5.97. The van der Waals surface area contributed by atoms with E-state index < -0.39 is 0 Å². The number of carbonyl (C=O) groups is 1. The number of amides is 1. The summed E-state index contributed by atoms with van der Waals surface area (Å²) in [5.74, 6) is 0.625. The van der Waals surface area contributed by atoms with E-state index in [-0.39, 0.29) is 5.91 Å². The molecule has 4 nitrogen and oxygen atoms in total. The Morgan fingerprint density at radius 2 is 1.88 bits per heavy atom. The standard InChI is InChI=1S/C21H22N2O2S/c1-2-3-13-25-18-11-9-17(10-12-18)20(24)23-21-22-15-19(26-21)14-16-7-5-4-6-8-16/h4-12,15H,2-3,13-14H2,1H3,(H,22,23,24). The molecule has 1 N–H and O–H groups in total. The molecule has 5 heteroatoms. The number of thiazole rings is 1. The van der Waals surface area contributed by atoms with Gasteiger partial charge in [-0.3, -0.25) is 10.1 Å². The Bertz CT molecular complexity index is 829. The summed E-state index contributed by atoms with van der Waals surface area (Å²) in [7, 11) is 0. The number of nitrogens with zero attached hydrogens (tertiary/aromatic N) is 1. The van der Waals surface area contributed by atoms with Gasteiger partial charge in [-0.1, -0.05) is 43.7 Å². The molecule has 1 heterocycles. The number of unbranched alkanes of at least 4 members (excludes halogenated alkanes) is 1. The summed E-state index contributed by atoms with van der Waals surface area (Å²) in [4.78, 5) is 17.8. The van der Waals surface area contributed by atoms with Crippen LogP contribution in [0.15, 0.2) is 60.8 Å². The third kappa shape index (κ3) is 5.17. The Hall–Kier alpha value is -2.66. The molecular weight excluding hydrogens is 344 g/mol. The topological polar surface area (TPSA) is 51.2 Å². The van der Waals surface area contributed by atoms with Gasteiger partial charge in [-0.05, 0) is 36.2 Å². The summed E-state index contributed by atoms with van der Waals surface area (Å²) in [6.45, 7) is 2.83. The van der Waals surface area contributed by atoms with Crippen LogP contribution in [-0.2, 0) is 6.42 Å². The lowest BCUT2D eigenvalue weighted by molar-refractivity contribution is 0.102. The van der Waals surface area contributed by atoms with Crippen molar-refractivity contribution >= 4 is 22.4 Å². The number of hydrogen-bond acceptors (Lipinski definition) is 4. The highest BCUT2D eigenvalue weighted by Crippen LogP contribution is 2.22. The van der Waals surface area contributed by atoms with Crippen LogP contribution in [-0.4, -0.2) is 17.5 Å². The van der Waals surface area contributed by atoms with E-state index in [1.54, 1.807) is 12.1 Å². The van der Waals surface area contributed by atoms with Gasteiger partial charge in [-0.2, -0.15) is 0 Å². The maximum atomic E-state index is 12.4. The third-order valence-electron chi connectivity index (χ3n) is 3.88. The fraction of sp³-hybridized carbons (Fsp3) is 0.238. The Morgan fingerprint density at radius 3 is 2.62 bits per heavy atom. The molecule has 0 aliphatic heterocycles. The number of nitrogens with one attached hydrogen (secondary N) is 1. The van der Waals surface area contributed by atoms with Crippen molar-refractivity contribution in [1.29, 1.82) is 0 Å². The van der Waals surface area contributed by atoms with Crippen molar-refractivity contribution in [1.82, 2.24) is 4.98 Å². The molecule has 0 unspecified atom stereocenters. The molecule has 3 aromatic rings. The molecule has 0 atom stereocenters. The van der Waals surface area contributed by atoms with E-state index in [0.29, 0.717) is 17.3 Å². The van der Waals surface area contributed by atoms with Crippen LogP contribution >= 0.6 is 11.3 Å². The average Bonchev–Trinajstić information content (AvgIpc) is 3.10. The van der Waals surface area contributed by atoms with Gasteiger partial charge < -0.3 is 4.74 Å². The second kappa shape index (κ2) is 9.15. The van der Waals surface area contributed by atoms with Gasteiger partial charge in [0.2, 0.25) is 0 Å². The first-order valence-electron chi connectivity index (χ1n) is 8.77. The van der Waals surface area contributed by atoms with Gasteiger partial charge >= 0.3 is 0 Å². The van der Waals surface area contributed by atoms with Crippen LogP contribution < -0.4 is 10.1 Å².